The van der Waals surface area contributed by atoms with E-state index >= 15 is 0 Å². The van der Waals surface area contributed by atoms with Gasteiger partial charge in [0.15, 0.2) is 0 Å². The molecule has 0 amide bonds. The Bertz CT molecular complexity index is 1090. The molecule has 0 aliphatic carbocycles. The Labute approximate surface area is 164 Å². The molecule has 2 heterocycles. The highest BCUT2D eigenvalue weighted by molar-refractivity contribution is 7.89. The van der Waals surface area contributed by atoms with Crippen molar-refractivity contribution in [1.29, 1.82) is 0 Å². The molecule has 0 aliphatic rings. The predicted octanol–water partition coefficient (Wildman–Crippen LogP) is 4.29. The van der Waals surface area contributed by atoms with E-state index in [0.717, 1.165) is 17.7 Å². The quantitative estimate of drug-likeness (QED) is 0.659. The third kappa shape index (κ3) is 4.67. The Morgan fingerprint density at radius 3 is 2.54 bits per heavy atom. The normalized spacial score (nSPS) is 12.1. The molecule has 2 aromatic heterocycles. The van der Waals surface area contributed by atoms with Gasteiger partial charge >= 0.3 is 6.18 Å². The zero-order valence-corrected chi connectivity index (χ0v) is 15.7. The number of halogens is 4. The molecule has 0 saturated heterocycles. The van der Waals surface area contributed by atoms with Crippen LogP contribution in [-0.2, 0) is 22.7 Å². The molecule has 146 valence electrons. The first-order valence-corrected chi connectivity index (χ1v) is 9.75. The molecule has 3 rings (SSSR count). The van der Waals surface area contributed by atoms with Crippen molar-refractivity contribution in [1.82, 2.24) is 14.7 Å². The van der Waals surface area contributed by atoms with Crippen LogP contribution in [0.1, 0.15) is 11.1 Å². The Hall–Kier alpha value is -2.49. The number of hydrogen-bond acceptors (Lipinski definition) is 4. The van der Waals surface area contributed by atoms with Crippen molar-refractivity contribution in [2.45, 2.75) is 17.6 Å². The Kier molecular flexibility index (Phi) is 5.69. The summed E-state index contributed by atoms with van der Waals surface area (Å²) >= 11 is 5.53. The molecule has 28 heavy (non-hydrogen) atoms. The van der Waals surface area contributed by atoms with Crippen molar-refractivity contribution < 1.29 is 21.6 Å². The van der Waals surface area contributed by atoms with E-state index in [1.54, 1.807) is 36.7 Å². The zero-order valence-electron chi connectivity index (χ0n) is 14.1. The van der Waals surface area contributed by atoms with Gasteiger partial charge in [0.2, 0.25) is 10.0 Å². The molecular formula is C18H13ClF3N3O2S. The summed E-state index contributed by atoms with van der Waals surface area (Å²) in [6.45, 7) is -0.123. The minimum Gasteiger partial charge on any atom is -0.264 e. The van der Waals surface area contributed by atoms with Crippen LogP contribution in [0.3, 0.4) is 0 Å². The van der Waals surface area contributed by atoms with Crippen molar-refractivity contribution in [2.24, 2.45) is 0 Å². The summed E-state index contributed by atoms with van der Waals surface area (Å²) in [4.78, 5) is 7.68. The lowest BCUT2D eigenvalue weighted by Crippen LogP contribution is -2.23. The fraction of sp³-hybridized carbons (Fsp3) is 0.111. The van der Waals surface area contributed by atoms with Crippen LogP contribution in [0.15, 0.2) is 66.0 Å². The number of nitrogens with one attached hydrogen (secondary N) is 1. The number of benzene rings is 1. The van der Waals surface area contributed by atoms with Gasteiger partial charge < -0.3 is 0 Å². The molecule has 5 nitrogen and oxygen atoms in total. The summed E-state index contributed by atoms with van der Waals surface area (Å²) in [6.07, 6.45) is -0.0200. The maximum absolute atomic E-state index is 13.0. The topological polar surface area (TPSA) is 72.0 Å². The van der Waals surface area contributed by atoms with Gasteiger partial charge in [-0.25, -0.2) is 13.1 Å². The van der Waals surface area contributed by atoms with Gasteiger partial charge in [-0.2, -0.15) is 13.2 Å². The van der Waals surface area contributed by atoms with Crippen LogP contribution in [0, 0.1) is 0 Å². The van der Waals surface area contributed by atoms with Crippen molar-refractivity contribution in [2.75, 3.05) is 0 Å². The number of hydrogen-bond donors (Lipinski definition) is 1. The fourth-order valence-electron chi connectivity index (χ4n) is 2.41. The van der Waals surface area contributed by atoms with Crippen LogP contribution < -0.4 is 4.72 Å². The number of pyridine rings is 2. The van der Waals surface area contributed by atoms with Gasteiger partial charge in [0, 0.05) is 30.7 Å². The molecular weight excluding hydrogens is 415 g/mol. The van der Waals surface area contributed by atoms with Crippen LogP contribution in [0.2, 0.25) is 5.02 Å². The van der Waals surface area contributed by atoms with Gasteiger partial charge in [-0.15, -0.1) is 0 Å². The zero-order chi connectivity index (χ0) is 20.4. The number of rotatable bonds is 5. The van der Waals surface area contributed by atoms with E-state index in [9.17, 15) is 21.6 Å². The minimum atomic E-state index is -4.76. The lowest BCUT2D eigenvalue weighted by Gasteiger charge is -2.12. The second kappa shape index (κ2) is 7.86. The second-order valence-corrected chi connectivity index (χ2v) is 7.93. The Morgan fingerprint density at radius 2 is 1.86 bits per heavy atom. The monoisotopic (exact) mass is 427 g/mol. The van der Waals surface area contributed by atoms with E-state index in [1.165, 1.54) is 6.20 Å². The molecule has 3 aromatic rings. The SMILES string of the molecule is O=S(=O)(NCc1ccnc(-c2cccnc2)c1)c1ccc(Cl)c(C(F)(F)F)c1. The maximum Gasteiger partial charge on any atom is 0.417 e. The van der Waals surface area contributed by atoms with Crippen molar-refractivity contribution in [3.63, 3.8) is 0 Å². The lowest BCUT2D eigenvalue weighted by molar-refractivity contribution is -0.137. The van der Waals surface area contributed by atoms with E-state index < -0.39 is 31.7 Å². The van der Waals surface area contributed by atoms with Gasteiger partial charge in [0.25, 0.3) is 0 Å². The minimum absolute atomic E-state index is 0.123. The summed E-state index contributed by atoms with van der Waals surface area (Å²) in [5.74, 6) is 0. The Morgan fingerprint density at radius 1 is 1.07 bits per heavy atom. The molecule has 0 unspecified atom stereocenters. The van der Waals surface area contributed by atoms with Crippen LogP contribution in [0.4, 0.5) is 13.2 Å². The molecule has 10 heteroatoms. The standard InChI is InChI=1S/C18H13ClF3N3O2S/c19-16-4-3-14(9-15(16)18(20,21)22)28(26,27)25-10-12-5-7-24-17(8-12)13-2-1-6-23-11-13/h1-9,11,25H,10H2. The Balaban J connectivity index is 1.81. The number of sulfonamides is 1. The molecule has 1 aromatic carbocycles. The first-order chi connectivity index (χ1) is 13.2. The van der Waals surface area contributed by atoms with Gasteiger partial charge in [0.1, 0.15) is 0 Å². The van der Waals surface area contributed by atoms with Crippen molar-refractivity contribution in [3.8, 4) is 11.3 Å². The summed E-state index contributed by atoms with van der Waals surface area (Å²) < 4.78 is 66.0. The third-order valence-electron chi connectivity index (χ3n) is 3.80. The molecule has 0 aliphatic heterocycles. The first kappa shape index (κ1) is 20.2. The van der Waals surface area contributed by atoms with E-state index in [1.807, 2.05) is 0 Å². The van der Waals surface area contributed by atoms with E-state index in [0.29, 0.717) is 17.3 Å². The number of aromatic nitrogens is 2. The molecule has 0 fully saturated rings. The highest BCUT2D eigenvalue weighted by atomic mass is 35.5. The lowest BCUT2D eigenvalue weighted by atomic mass is 10.1. The molecule has 0 atom stereocenters. The van der Waals surface area contributed by atoms with Gasteiger partial charge in [-0.1, -0.05) is 11.6 Å². The first-order valence-electron chi connectivity index (χ1n) is 7.88. The number of nitrogens with zero attached hydrogens (tertiary/aromatic N) is 2. The average molecular weight is 428 g/mol. The van der Waals surface area contributed by atoms with E-state index in [4.69, 9.17) is 11.6 Å². The molecule has 1 N–H and O–H groups in total. The average Bonchev–Trinajstić information content (AvgIpc) is 2.67. The maximum atomic E-state index is 13.0. The molecule has 0 bridgehead atoms. The van der Waals surface area contributed by atoms with Crippen LogP contribution in [0.5, 0.6) is 0 Å². The van der Waals surface area contributed by atoms with Gasteiger partial charge in [-0.05, 0) is 48.0 Å². The number of alkyl halides is 3. The smallest absolute Gasteiger partial charge is 0.264 e. The summed E-state index contributed by atoms with van der Waals surface area (Å²) in [5.41, 5.74) is 0.720. The van der Waals surface area contributed by atoms with Crippen molar-refractivity contribution >= 4 is 21.6 Å². The predicted molar refractivity (Wildman–Crippen MR) is 97.9 cm³/mol. The highest BCUT2D eigenvalue weighted by Crippen LogP contribution is 2.35. The van der Waals surface area contributed by atoms with E-state index in [2.05, 4.69) is 14.7 Å². The molecule has 0 saturated carbocycles. The van der Waals surface area contributed by atoms with Crippen LogP contribution in [-0.4, -0.2) is 18.4 Å². The fourth-order valence-corrected chi connectivity index (χ4v) is 3.68. The van der Waals surface area contributed by atoms with Crippen LogP contribution in [0.25, 0.3) is 11.3 Å². The molecule has 0 radical (unpaired) electrons. The second-order valence-electron chi connectivity index (χ2n) is 5.75. The van der Waals surface area contributed by atoms with Gasteiger partial charge in [0.05, 0.1) is 21.2 Å². The third-order valence-corrected chi connectivity index (χ3v) is 5.53. The summed E-state index contributed by atoms with van der Waals surface area (Å²) in [5, 5.41) is -0.568. The summed E-state index contributed by atoms with van der Waals surface area (Å²) in [6, 6.07) is 9.26. The van der Waals surface area contributed by atoms with Gasteiger partial charge in [-0.3, -0.25) is 9.97 Å². The largest absolute Gasteiger partial charge is 0.417 e. The van der Waals surface area contributed by atoms with Crippen LogP contribution >= 0.6 is 11.6 Å². The molecule has 0 spiro atoms. The van der Waals surface area contributed by atoms with Crippen molar-refractivity contribution in [3.05, 3.63) is 77.2 Å². The van der Waals surface area contributed by atoms with E-state index in [-0.39, 0.29) is 6.54 Å². The highest BCUT2D eigenvalue weighted by Gasteiger charge is 2.34. The summed E-state index contributed by atoms with van der Waals surface area (Å²) in [7, 11) is -4.18.